The molecule has 7 heteroatoms. The summed E-state index contributed by atoms with van der Waals surface area (Å²) in [4.78, 5) is 0. The SMILES string of the molecule is Cc1c(C)c(O)c2c(-c3ccccc3-c3c(O)c(O)c(O)c(O)c3O)c3ccccc3cc2c1O. The maximum atomic E-state index is 11.2. The minimum atomic E-state index is -1.05. The molecule has 0 aliphatic rings. The number of phenolic OH excluding ortho intramolecular Hbond substituents is 7. The molecule has 7 nitrogen and oxygen atoms in total. The average Bonchev–Trinajstić information content (AvgIpc) is 2.87. The zero-order chi connectivity index (χ0) is 25.2. The number of hydrogen-bond acceptors (Lipinski definition) is 7. The summed E-state index contributed by atoms with van der Waals surface area (Å²) in [6.45, 7) is 3.41. The van der Waals surface area contributed by atoms with E-state index >= 15 is 0 Å². The predicted octanol–water partition coefficient (Wildman–Crippen LogP) is 5.88. The number of benzene rings is 5. The van der Waals surface area contributed by atoms with E-state index in [1.165, 1.54) is 0 Å². The van der Waals surface area contributed by atoms with Crippen LogP contribution in [0.15, 0.2) is 54.6 Å². The molecule has 0 saturated carbocycles. The molecule has 0 aliphatic heterocycles. The van der Waals surface area contributed by atoms with Crippen LogP contribution < -0.4 is 0 Å². The fourth-order valence-corrected chi connectivity index (χ4v) is 4.66. The molecule has 0 heterocycles. The Balaban J connectivity index is 2.03. The van der Waals surface area contributed by atoms with Crippen LogP contribution in [0.1, 0.15) is 11.1 Å². The van der Waals surface area contributed by atoms with Gasteiger partial charge in [-0.25, -0.2) is 0 Å². The van der Waals surface area contributed by atoms with Gasteiger partial charge in [0.2, 0.25) is 17.2 Å². The quantitative estimate of drug-likeness (QED) is 0.0970. The van der Waals surface area contributed by atoms with Gasteiger partial charge in [-0.15, -0.1) is 0 Å². The maximum Gasteiger partial charge on any atom is 0.208 e. The number of aromatic hydroxyl groups is 7. The van der Waals surface area contributed by atoms with Crippen molar-refractivity contribution in [3.63, 3.8) is 0 Å². The summed E-state index contributed by atoms with van der Waals surface area (Å²) < 4.78 is 0. The van der Waals surface area contributed by atoms with Crippen LogP contribution in [0.25, 0.3) is 43.8 Å². The van der Waals surface area contributed by atoms with Gasteiger partial charge < -0.3 is 35.7 Å². The molecule has 0 atom stereocenters. The van der Waals surface area contributed by atoms with Gasteiger partial charge in [-0.05, 0) is 52.9 Å². The van der Waals surface area contributed by atoms with Crippen LogP contribution in [-0.4, -0.2) is 35.7 Å². The molecular formula is C28H22O7. The van der Waals surface area contributed by atoms with Crippen molar-refractivity contribution in [2.75, 3.05) is 0 Å². The van der Waals surface area contributed by atoms with Gasteiger partial charge in [-0.2, -0.15) is 0 Å². The van der Waals surface area contributed by atoms with Crippen molar-refractivity contribution in [3.05, 3.63) is 65.7 Å². The monoisotopic (exact) mass is 470 g/mol. The fourth-order valence-electron chi connectivity index (χ4n) is 4.66. The summed E-state index contributed by atoms with van der Waals surface area (Å²) >= 11 is 0. The van der Waals surface area contributed by atoms with Crippen molar-refractivity contribution >= 4 is 21.5 Å². The molecule has 0 aromatic heterocycles. The van der Waals surface area contributed by atoms with Gasteiger partial charge in [-0.1, -0.05) is 48.5 Å². The van der Waals surface area contributed by atoms with Gasteiger partial charge in [0.25, 0.3) is 0 Å². The molecule has 0 bridgehead atoms. The van der Waals surface area contributed by atoms with E-state index < -0.39 is 28.7 Å². The Bertz CT molecular complexity index is 1660. The lowest BCUT2D eigenvalue weighted by Crippen LogP contribution is -1.94. The Hall–Kier alpha value is -4.78. The van der Waals surface area contributed by atoms with Crippen molar-refractivity contribution < 1.29 is 35.7 Å². The summed E-state index contributed by atoms with van der Waals surface area (Å²) in [5.74, 6) is -4.69. The molecule has 0 saturated heterocycles. The third-order valence-corrected chi connectivity index (χ3v) is 6.65. The second-order valence-corrected chi connectivity index (χ2v) is 8.51. The molecule has 0 amide bonds. The number of rotatable bonds is 2. The molecule has 7 N–H and O–H groups in total. The number of hydrogen-bond donors (Lipinski definition) is 7. The number of phenols is 7. The first-order chi connectivity index (χ1) is 16.6. The Kier molecular flexibility index (Phi) is 4.80. The van der Waals surface area contributed by atoms with E-state index in [-0.39, 0.29) is 22.6 Å². The van der Waals surface area contributed by atoms with Crippen LogP contribution in [0.3, 0.4) is 0 Å². The van der Waals surface area contributed by atoms with Crippen LogP contribution in [0.4, 0.5) is 0 Å². The fraction of sp³-hybridized carbons (Fsp3) is 0.0714. The van der Waals surface area contributed by atoms with Crippen molar-refractivity contribution in [2.24, 2.45) is 0 Å². The molecule has 35 heavy (non-hydrogen) atoms. The Morgan fingerprint density at radius 1 is 0.457 bits per heavy atom. The topological polar surface area (TPSA) is 142 Å². The first kappa shape index (κ1) is 22.0. The summed E-state index contributed by atoms with van der Waals surface area (Å²) in [6, 6.07) is 15.8. The van der Waals surface area contributed by atoms with E-state index in [1.54, 1.807) is 44.2 Å². The lowest BCUT2D eigenvalue weighted by atomic mass is 9.85. The summed E-state index contributed by atoms with van der Waals surface area (Å²) in [7, 11) is 0. The number of fused-ring (bicyclic) bond motifs is 2. The highest BCUT2D eigenvalue weighted by Crippen LogP contribution is 2.57. The molecule has 5 aromatic rings. The van der Waals surface area contributed by atoms with E-state index in [0.717, 1.165) is 10.8 Å². The van der Waals surface area contributed by atoms with Crippen LogP contribution in [0, 0.1) is 13.8 Å². The first-order valence-electron chi connectivity index (χ1n) is 10.8. The second kappa shape index (κ2) is 7.63. The van der Waals surface area contributed by atoms with Crippen LogP contribution in [0.5, 0.6) is 40.2 Å². The van der Waals surface area contributed by atoms with Gasteiger partial charge in [0.1, 0.15) is 11.5 Å². The van der Waals surface area contributed by atoms with E-state index in [9.17, 15) is 35.7 Å². The van der Waals surface area contributed by atoms with Crippen LogP contribution in [-0.2, 0) is 0 Å². The van der Waals surface area contributed by atoms with Crippen LogP contribution >= 0.6 is 0 Å². The summed E-state index contributed by atoms with van der Waals surface area (Å²) in [5, 5.41) is 76.0. The van der Waals surface area contributed by atoms with Gasteiger partial charge in [0.15, 0.2) is 11.5 Å². The van der Waals surface area contributed by atoms with Gasteiger partial charge >= 0.3 is 0 Å². The van der Waals surface area contributed by atoms with Gasteiger partial charge in [-0.3, -0.25) is 0 Å². The highest BCUT2D eigenvalue weighted by atomic mass is 16.4. The molecular weight excluding hydrogens is 448 g/mol. The minimum Gasteiger partial charge on any atom is -0.507 e. The molecule has 5 rings (SSSR count). The third kappa shape index (κ3) is 2.98. The van der Waals surface area contributed by atoms with Crippen molar-refractivity contribution in [2.45, 2.75) is 13.8 Å². The lowest BCUT2D eigenvalue weighted by molar-refractivity contribution is 0.330. The molecule has 0 aliphatic carbocycles. The zero-order valence-electron chi connectivity index (χ0n) is 18.8. The van der Waals surface area contributed by atoms with Crippen molar-refractivity contribution in [1.82, 2.24) is 0 Å². The molecule has 0 radical (unpaired) electrons. The summed E-state index contributed by atoms with van der Waals surface area (Å²) in [6.07, 6.45) is 0. The second-order valence-electron chi connectivity index (χ2n) is 8.51. The highest BCUT2D eigenvalue weighted by molar-refractivity contribution is 6.18. The predicted molar refractivity (Wildman–Crippen MR) is 133 cm³/mol. The van der Waals surface area contributed by atoms with E-state index in [2.05, 4.69) is 0 Å². The van der Waals surface area contributed by atoms with Gasteiger partial charge in [0.05, 0.1) is 5.56 Å². The van der Waals surface area contributed by atoms with Crippen LogP contribution in [0.2, 0.25) is 0 Å². The van der Waals surface area contributed by atoms with E-state index in [4.69, 9.17) is 0 Å². The first-order valence-corrected chi connectivity index (χ1v) is 10.8. The molecule has 5 aromatic carbocycles. The molecule has 0 spiro atoms. The average molecular weight is 470 g/mol. The Morgan fingerprint density at radius 3 is 1.57 bits per heavy atom. The largest absolute Gasteiger partial charge is 0.507 e. The Morgan fingerprint density at radius 2 is 0.943 bits per heavy atom. The highest BCUT2D eigenvalue weighted by Gasteiger charge is 2.27. The summed E-state index contributed by atoms with van der Waals surface area (Å²) in [5.41, 5.74) is 1.88. The maximum absolute atomic E-state index is 11.2. The van der Waals surface area contributed by atoms with Crippen molar-refractivity contribution in [1.29, 1.82) is 0 Å². The van der Waals surface area contributed by atoms with Crippen molar-refractivity contribution in [3.8, 4) is 62.5 Å². The van der Waals surface area contributed by atoms with Gasteiger partial charge in [0, 0.05) is 16.3 Å². The molecule has 0 fully saturated rings. The lowest BCUT2D eigenvalue weighted by Gasteiger charge is -2.20. The smallest absolute Gasteiger partial charge is 0.208 e. The van der Waals surface area contributed by atoms with E-state index in [1.807, 2.05) is 24.3 Å². The minimum absolute atomic E-state index is 0.0189. The van der Waals surface area contributed by atoms with E-state index in [0.29, 0.717) is 33.0 Å². The third-order valence-electron chi connectivity index (χ3n) is 6.65. The normalized spacial score (nSPS) is 11.4. The Labute approximate surface area is 199 Å². The molecule has 0 unspecified atom stereocenters. The zero-order valence-corrected chi connectivity index (χ0v) is 18.8. The standard InChI is InChI=1S/C28H22O7/c1-12-13(2)23(30)20-18(22(12)29)11-14-7-3-4-8-15(14)19(20)16-9-5-6-10-17(16)21-24(31)26(33)28(35)27(34)25(21)32/h3-11,29-35H,1-2H3. The molecule has 176 valence electrons.